The van der Waals surface area contributed by atoms with Crippen molar-refractivity contribution in [2.45, 2.75) is 25.3 Å². The third-order valence-corrected chi connectivity index (χ3v) is 5.96. The second-order valence-electron chi connectivity index (χ2n) is 4.67. The Morgan fingerprint density at radius 3 is 2.57 bits per heavy atom. The zero-order chi connectivity index (χ0) is 15.6. The van der Waals surface area contributed by atoms with E-state index in [0.29, 0.717) is 21.9 Å². The van der Waals surface area contributed by atoms with E-state index in [1.165, 1.54) is 11.3 Å². The number of aryl methyl sites for hydroxylation is 2. The third-order valence-electron chi connectivity index (χ3n) is 3.09. The average Bonchev–Trinajstić information content (AvgIpc) is 2.80. The summed E-state index contributed by atoms with van der Waals surface area (Å²) in [6, 6.07) is 5.14. The minimum absolute atomic E-state index is 0.205. The van der Waals surface area contributed by atoms with E-state index >= 15 is 0 Å². The van der Waals surface area contributed by atoms with Gasteiger partial charge in [-0.1, -0.05) is 0 Å². The summed E-state index contributed by atoms with van der Waals surface area (Å²) < 4.78 is 32.8. The number of nitrogens with one attached hydrogen (secondary N) is 1. The van der Waals surface area contributed by atoms with E-state index in [1.807, 2.05) is 6.92 Å². The van der Waals surface area contributed by atoms with Gasteiger partial charge in [-0.15, -0.1) is 11.3 Å². The van der Waals surface area contributed by atoms with E-state index in [2.05, 4.69) is 4.72 Å². The maximum Gasteiger partial charge on any atom is 0.263 e. The van der Waals surface area contributed by atoms with E-state index < -0.39 is 10.0 Å². The van der Waals surface area contributed by atoms with E-state index in [0.717, 1.165) is 5.56 Å². The van der Waals surface area contributed by atoms with Crippen LogP contribution < -0.4 is 15.2 Å². The minimum Gasteiger partial charge on any atom is -0.496 e. The molecule has 0 atom stereocenters. The fraction of sp³-hybridized carbons (Fsp3) is 0.286. The van der Waals surface area contributed by atoms with Crippen molar-refractivity contribution in [3.05, 3.63) is 39.6 Å². The number of rotatable bonds is 5. The molecular weight excluding hydrogens is 308 g/mol. The molecule has 1 heterocycles. The molecule has 0 spiro atoms. The molecule has 0 radical (unpaired) electrons. The number of nitrogens with two attached hydrogens (primary N) is 1. The first-order valence-corrected chi connectivity index (χ1v) is 8.70. The fourth-order valence-corrected chi connectivity index (χ4v) is 4.89. The summed E-state index contributed by atoms with van der Waals surface area (Å²) in [4.78, 5) is 0.939. The van der Waals surface area contributed by atoms with Gasteiger partial charge >= 0.3 is 0 Å². The third kappa shape index (κ3) is 3.20. The van der Waals surface area contributed by atoms with Gasteiger partial charge in [-0.25, -0.2) is 8.42 Å². The van der Waals surface area contributed by atoms with Crippen molar-refractivity contribution in [2.24, 2.45) is 5.73 Å². The number of hydrogen-bond donors (Lipinski definition) is 2. The minimum atomic E-state index is -3.64. The van der Waals surface area contributed by atoms with Crippen LogP contribution in [0.15, 0.2) is 28.5 Å². The summed E-state index contributed by atoms with van der Waals surface area (Å²) in [6.07, 6.45) is 0. The normalized spacial score (nSPS) is 11.4. The number of benzene rings is 1. The van der Waals surface area contributed by atoms with Crippen molar-refractivity contribution in [1.29, 1.82) is 0 Å². The van der Waals surface area contributed by atoms with Crippen LogP contribution in [0, 0.1) is 13.8 Å². The predicted octanol–water partition coefficient (Wildman–Crippen LogP) is 2.63. The Kier molecular flexibility index (Phi) is 4.55. The first kappa shape index (κ1) is 15.8. The fourth-order valence-electron chi connectivity index (χ4n) is 2.14. The quantitative estimate of drug-likeness (QED) is 0.885. The van der Waals surface area contributed by atoms with E-state index in [9.17, 15) is 8.42 Å². The number of sulfonamides is 1. The zero-order valence-electron chi connectivity index (χ0n) is 12.1. The van der Waals surface area contributed by atoms with Crippen molar-refractivity contribution < 1.29 is 13.2 Å². The van der Waals surface area contributed by atoms with Crippen LogP contribution in [0.25, 0.3) is 0 Å². The molecule has 0 fully saturated rings. The second kappa shape index (κ2) is 6.05. The maximum absolute atomic E-state index is 12.5. The number of thiophene rings is 1. The molecule has 2 rings (SSSR count). The molecule has 2 aromatic rings. The number of hydrogen-bond acceptors (Lipinski definition) is 5. The lowest BCUT2D eigenvalue weighted by Gasteiger charge is -2.11. The molecule has 1 aromatic heterocycles. The number of methoxy groups -OCH3 is 1. The highest BCUT2D eigenvalue weighted by molar-refractivity contribution is 7.93. The first-order chi connectivity index (χ1) is 9.89. The summed E-state index contributed by atoms with van der Waals surface area (Å²) in [5.41, 5.74) is 7.69. The highest BCUT2D eigenvalue weighted by Gasteiger charge is 2.22. The van der Waals surface area contributed by atoms with Gasteiger partial charge in [0.1, 0.15) is 10.6 Å². The van der Waals surface area contributed by atoms with Crippen LogP contribution in [-0.2, 0) is 16.6 Å². The predicted molar refractivity (Wildman–Crippen MR) is 85.5 cm³/mol. The van der Waals surface area contributed by atoms with E-state index in [-0.39, 0.29) is 11.4 Å². The Hall–Kier alpha value is -1.57. The highest BCUT2D eigenvalue weighted by Crippen LogP contribution is 2.29. The molecular formula is C14H18N2O3S2. The topological polar surface area (TPSA) is 81.4 Å². The molecule has 21 heavy (non-hydrogen) atoms. The molecule has 0 bridgehead atoms. The van der Waals surface area contributed by atoms with Gasteiger partial charge in [0.05, 0.1) is 7.11 Å². The second-order valence-corrected chi connectivity index (χ2v) is 7.25. The van der Waals surface area contributed by atoms with Crippen molar-refractivity contribution in [1.82, 2.24) is 0 Å². The molecule has 3 N–H and O–H groups in total. The number of anilines is 1. The molecule has 0 aliphatic carbocycles. The van der Waals surface area contributed by atoms with Crippen LogP contribution in [0.1, 0.15) is 16.0 Å². The first-order valence-electron chi connectivity index (χ1n) is 6.33. The maximum atomic E-state index is 12.5. The van der Waals surface area contributed by atoms with Crippen LogP contribution in [-0.4, -0.2) is 15.5 Å². The summed E-state index contributed by atoms with van der Waals surface area (Å²) in [5, 5.41) is 1.80. The van der Waals surface area contributed by atoms with E-state index in [1.54, 1.807) is 37.6 Å². The van der Waals surface area contributed by atoms with E-state index in [4.69, 9.17) is 10.5 Å². The van der Waals surface area contributed by atoms with Gasteiger partial charge in [0.15, 0.2) is 0 Å². The van der Waals surface area contributed by atoms with Crippen molar-refractivity contribution >= 4 is 27.0 Å². The molecule has 0 amide bonds. The Labute approximate surface area is 128 Å². The van der Waals surface area contributed by atoms with Gasteiger partial charge in [0.25, 0.3) is 10.0 Å². The van der Waals surface area contributed by atoms with Crippen LogP contribution in [0.4, 0.5) is 5.69 Å². The van der Waals surface area contributed by atoms with Crippen molar-refractivity contribution in [3.63, 3.8) is 0 Å². The monoisotopic (exact) mass is 326 g/mol. The lowest BCUT2D eigenvalue weighted by molar-refractivity contribution is 0.412. The SMILES string of the molecule is COc1ccc(NS(=O)(=O)c2c(C)csc2CN)cc1C. The molecule has 114 valence electrons. The molecule has 0 unspecified atom stereocenters. The Morgan fingerprint density at radius 1 is 1.29 bits per heavy atom. The molecule has 0 aliphatic rings. The summed E-state index contributed by atoms with van der Waals surface area (Å²) in [7, 11) is -2.06. The Balaban J connectivity index is 2.37. The summed E-state index contributed by atoms with van der Waals surface area (Å²) in [5.74, 6) is 0.715. The molecule has 0 aliphatic heterocycles. The zero-order valence-corrected chi connectivity index (χ0v) is 13.8. The summed E-state index contributed by atoms with van der Waals surface area (Å²) >= 11 is 1.36. The molecule has 0 saturated carbocycles. The molecule has 5 nitrogen and oxygen atoms in total. The lowest BCUT2D eigenvalue weighted by atomic mass is 10.2. The average molecular weight is 326 g/mol. The van der Waals surface area contributed by atoms with Gasteiger partial charge < -0.3 is 10.5 Å². The summed E-state index contributed by atoms with van der Waals surface area (Å²) in [6.45, 7) is 3.83. The van der Waals surface area contributed by atoms with Crippen molar-refractivity contribution in [2.75, 3.05) is 11.8 Å². The van der Waals surface area contributed by atoms with Crippen LogP contribution in [0.5, 0.6) is 5.75 Å². The number of ether oxygens (including phenoxy) is 1. The van der Waals surface area contributed by atoms with Gasteiger partial charge in [0, 0.05) is 17.1 Å². The Morgan fingerprint density at radius 2 is 2.00 bits per heavy atom. The largest absolute Gasteiger partial charge is 0.496 e. The molecule has 1 aromatic carbocycles. The highest BCUT2D eigenvalue weighted by atomic mass is 32.2. The Bertz CT molecular complexity index is 752. The smallest absolute Gasteiger partial charge is 0.263 e. The van der Waals surface area contributed by atoms with Gasteiger partial charge in [-0.05, 0) is 48.6 Å². The standard InChI is InChI=1S/C14H18N2O3S2/c1-9-6-11(4-5-12(9)19-3)16-21(17,18)14-10(2)8-20-13(14)7-15/h4-6,8,16H,7,15H2,1-3H3. The van der Waals surface area contributed by atoms with Crippen LogP contribution in [0.2, 0.25) is 0 Å². The van der Waals surface area contributed by atoms with Gasteiger partial charge in [-0.2, -0.15) is 0 Å². The lowest BCUT2D eigenvalue weighted by Crippen LogP contribution is -2.16. The van der Waals surface area contributed by atoms with Gasteiger partial charge in [-0.3, -0.25) is 4.72 Å². The van der Waals surface area contributed by atoms with Crippen LogP contribution >= 0.6 is 11.3 Å². The molecule has 0 saturated heterocycles. The molecule has 7 heteroatoms. The van der Waals surface area contributed by atoms with Gasteiger partial charge in [0.2, 0.25) is 0 Å². The van der Waals surface area contributed by atoms with Crippen molar-refractivity contribution in [3.8, 4) is 5.75 Å². The van der Waals surface area contributed by atoms with Crippen LogP contribution in [0.3, 0.4) is 0 Å².